The molecule has 0 saturated carbocycles. The van der Waals surface area contributed by atoms with Gasteiger partial charge in [-0.15, -0.1) is 0 Å². The quantitative estimate of drug-likeness (QED) is 0.424. The van der Waals surface area contributed by atoms with E-state index in [4.69, 9.17) is 19.2 Å². The predicted molar refractivity (Wildman–Crippen MR) is 127 cm³/mol. The van der Waals surface area contributed by atoms with Gasteiger partial charge in [0.15, 0.2) is 11.5 Å². The number of hydrogen-bond acceptors (Lipinski definition) is 7. The smallest absolute Gasteiger partial charge is 0.226 e. The number of benzene rings is 2. The summed E-state index contributed by atoms with van der Waals surface area (Å²) in [4.78, 5) is 17.4. The number of nitrogens with zero attached hydrogens (tertiary/aromatic N) is 3. The minimum absolute atomic E-state index is 0.0659. The zero-order valence-electron chi connectivity index (χ0n) is 18.6. The lowest BCUT2D eigenvalue weighted by Gasteiger charge is -2.24. The monoisotopic (exact) mass is 464 g/mol. The van der Waals surface area contributed by atoms with E-state index < -0.39 is 0 Å². The van der Waals surface area contributed by atoms with E-state index >= 15 is 0 Å². The molecule has 1 aliphatic rings. The van der Waals surface area contributed by atoms with E-state index in [-0.39, 0.29) is 11.8 Å². The average molecular weight is 465 g/mol. The number of thiazole rings is 1. The number of carbonyl (C=O) groups is 1. The Labute approximate surface area is 195 Å². The number of amides is 1. The van der Waals surface area contributed by atoms with Crippen LogP contribution in [0.2, 0.25) is 0 Å². The molecule has 1 amide bonds. The number of rotatable bonds is 7. The third-order valence-electron chi connectivity index (χ3n) is 5.56. The molecule has 0 spiro atoms. The highest BCUT2D eigenvalue weighted by atomic mass is 32.1. The lowest BCUT2D eigenvalue weighted by Crippen LogP contribution is -2.24. The third-order valence-corrected chi connectivity index (χ3v) is 6.55. The topological polar surface area (TPSA) is 87.5 Å². The summed E-state index contributed by atoms with van der Waals surface area (Å²) in [5.74, 6) is 2.58. The summed E-state index contributed by atoms with van der Waals surface area (Å²) >= 11 is 1.49. The van der Waals surface area contributed by atoms with Crippen molar-refractivity contribution >= 4 is 33.3 Å². The number of methoxy groups -OCH3 is 1. The van der Waals surface area contributed by atoms with Crippen LogP contribution in [0.4, 0.5) is 5.82 Å². The molecule has 1 N–H and O–H groups in total. The fourth-order valence-corrected chi connectivity index (χ4v) is 5.02. The SMILES string of the molecule is CCOc1ccc(C2CC(=O)Nc3c2cnn3-c2nc3ccc(OC)cc3s2)cc1OCC. The van der Waals surface area contributed by atoms with Gasteiger partial charge in [0.05, 0.1) is 36.7 Å². The van der Waals surface area contributed by atoms with Crippen molar-refractivity contribution in [1.82, 2.24) is 14.8 Å². The molecule has 3 heterocycles. The summed E-state index contributed by atoms with van der Waals surface area (Å²) in [5, 5.41) is 8.26. The van der Waals surface area contributed by atoms with E-state index in [1.807, 2.05) is 56.4 Å². The summed E-state index contributed by atoms with van der Waals surface area (Å²) in [5.41, 5.74) is 2.77. The van der Waals surface area contributed by atoms with Gasteiger partial charge in [0.2, 0.25) is 11.0 Å². The fourth-order valence-electron chi connectivity index (χ4n) is 4.06. The molecule has 1 atom stereocenters. The molecule has 5 rings (SSSR count). The Balaban J connectivity index is 1.55. The zero-order valence-corrected chi connectivity index (χ0v) is 19.4. The molecular formula is C24H24N4O4S. The first kappa shape index (κ1) is 21.3. The fraction of sp³-hybridized carbons (Fsp3) is 0.292. The molecule has 1 aliphatic heterocycles. The predicted octanol–water partition coefficient (Wildman–Crippen LogP) is 4.76. The van der Waals surface area contributed by atoms with Gasteiger partial charge in [-0.3, -0.25) is 4.79 Å². The number of anilines is 1. The number of aromatic nitrogens is 3. The lowest BCUT2D eigenvalue weighted by molar-refractivity contribution is -0.116. The Bertz CT molecular complexity index is 1330. The minimum atomic E-state index is -0.146. The van der Waals surface area contributed by atoms with E-state index in [1.165, 1.54) is 11.3 Å². The molecule has 2 aromatic heterocycles. The van der Waals surface area contributed by atoms with Crippen molar-refractivity contribution in [3.63, 3.8) is 0 Å². The van der Waals surface area contributed by atoms with Crippen LogP contribution in [0.1, 0.15) is 37.3 Å². The maximum atomic E-state index is 12.7. The van der Waals surface area contributed by atoms with Crippen LogP contribution in [0, 0.1) is 0 Å². The van der Waals surface area contributed by atoms with Crippen molar-refractivity contribution in [2.45, 2.75) is 26.2 Å². The van der Waals surface area contributed by atoms with Crippen LogP contribution in [0.3, 0.4) is 0 Å². The molecule has 0 aliphatic carbocycles. The number of carbonyl (C=O) groups excluding carboxylic acids is 1. The molecule has 0 fully saturated rings. The van der Waals surface area contributed by atoms with Crippen LogP contribution in [0.25, 0.3) is 15.3 Å². The van der Waals surface area contributed by atoms with Crippen molar-refractivity contribution in [3.05, 3.63) is 53.7 Å². The average Bonchev–Trinajstić information content (AvgIpc) is 3.43. The molecule has 0 radical (unpaired) electrons. The third kappa shape index (κ3) is 3.89. The van der Waals surface area contributed by atoms with E-state index in [9.17, 15) is 4.79 Å². The van der Waals surface area contributed by atoms with E-state index in [1.54, 1.807) is 11.8 Å². The second-order valence-electron chi connectivity index (χ2n) is 7.57. The second-order valence-corrected chi connectivity index (χ2v) is 8.58. The van der Waals surface area contributed by atoms with Crippen molar-refractivity contribution < 1.29 is 19.0 Å². The van der Waals surface area contributed by atoms with Crippen LogP contribution < -0.4 is 19.5 Å². The molecule has 9 heteroatoms. The highest BCUT2D eigenvalue weighted by molar-refractivity contribution is 7.20. The Morgan fingerprint density at radius 3 is 2.73 bits per heavy atom. The lowest BCUT2D eigenvalue weighted by atomic mass is 9.87. The van der Waals surface area contributed by atoms with Crippen LogP contribution >= 0.6 is 11.3 Å². The van der Waals surface area contributed by atoms with Crippen molar-refractivity contribution in [2.24, 2.45) is 0 Å². The normalized spacial score (nSPS) is 15.2. The van der Waals surface area contributed by atoms with E-state index in [0.717, 1.165) is 27.1 Å². The van der Waals surface area contributed by atoms with Crippen LogP contribution in [-0.4, -0.2) is 41.0 Å². The van der Waals surface area contributed by atoms with Gasteiger partial charge in [-0.25, -0.2) is 4.98 Å². The van der Waals surface area contributed by atoms with Gasteiger partial charge in [-0.1, -0.05) is 17.4 Å². The van der Waals surface area contributed by atoms with Gasteiger partial charge in [0, 0.05) is 17.9 Å². The molecule has 33 heavy (non-hydrogen) atoms. The number of nitrogens with one attached hydrogen (secondary N) is 1. The molecular weight excluding hydrogens is 440 g/mol. The molecule has 2 aromatic carbocycles. The molecule has 8 nitrogen and oxygen atoms in total. The van der Waals surface area contributed by atoms with Gasteiger partial charge in [-0.2, -0.15) is 9.78 Å². The highest BCUT2D eigenvalue weighted by Gasteiger charge is 2.31. The molecule has 4 aromatic rings. The van der Waals surface area contributed by atoms with Crippen LogP contribution in [0.15, 0.2) is 42.6 Å². The maximum Gasteiger partial charge on any atom is 0.226 e. The maximum absolute atomic E-state index is 12.7. The minimum Gasteiger partial charge on any atom is -0.497 e. The molecule has 1 unspecified atom stereocenters. The van der Waals surface area contributed by atoms with Gasteiger partial charge in [-0.05, 0) is 49.7 Å². The summed E-state index contributed by atoms with van der Waals surface area (Å²) < 4.78 is 19.5. The van der Waals surface area contributed by atoms with Crippen LogP contribution in [0.5, 0.6) is 17.2 Å². The first-order chi connectivity index (χ1) is 16.1. The summed E-state index contributed by atoms with van der Waals surface area (Å²) in [7, 11) is 1.64. The summed E-state index contributed by atoms with van der Waals surface area (Å²) in [6, 6.07) is 11.6. The zero-order chi connectivity index (χ0) is 22.9. The number of fused-ring (bicyclic) bond motifs is 2. The Morgan fingerprint density at radius 1 is 1.12 bits per heavy atom. The first-order valence-corrected chi connectivity index (χ1v) is 11.6. The van der Waals surface area contributed by atoms with Crippen molar-refractivity contribution in [1.29, 1.82) is 0 Å². The van der Waals surface area contributed by atoms with E-state index in [2.05, 4.69) is 10.4 Å². The Morgan fingerprint density at radius 2 is 1.94 bits per heavy atom. The molecule has 0 saturated heterocycles. The first-order valence-electron chi connectivity index (χ1n) is 10.8. The number of ether oxygens (including phenoxy) is 3. The van der Waals surface area contributed by atoms with E-state index in [0.29, 0.717) is 42.1 Å². The molecule has 170 valence electrons. The summed E-state index contributed by atoms with van der Waals surface area (Å²) in [6.45, 7) is 4.95. The standard InChI is InChI=1S/C24H24N4O4S/c1-4-31-19-9-6-14(10-20(19)32-5-2)16-12-22(29)27-23-17(16)13-25-28(23)24-26-18-8-7-15(30-3)11-21(18)33-24/h6-11,13,16H,4-5,12H2,1-3H3,(H,27,29). The van der Waals surface area contributed by atoms with Crippen molar-refractivity contribution in [2.75, 3.05) is 25.6 Å². The Hall–Kier alpha value is -3.59. The Kier molecular flexibility index (Phi) is 5.63. The number of hydrogen-bond donors (Lipinski definition) is 1. The molecule has 0 bridgehead atoms. The van der Waals surface area contributed by atoms with Crippen molar-refractivity contribution in [3.8, 4) is 22.4 Å². The highest BCUT2D eigenvalue weighted by Crippen LogP contribution is 2.41. The van der Waals surface area contributed by atoms with Gasteiger partial charge >= 0.3 is 0 Å². The van der Waals surface area contributed by atoms with Gasteiger partial charge < -0.3 is 19.5 Å². The largest absolute Gasteiger partial charge is 0.497 e. The van der Waals surface area contributed by atoms with Gasteiger partial charge in [0.1, 0.15) is 11.6 Å². The van der Waals surface area contributed by atoms with Crippen LogP contribution in [-0.2, 0) is 4.79 Å². The summed E-state index contributed by atoms with van der Waals surface area (Å²) in [6.07, 6.45) is 2.14. The second kappa shape index (κ2) is 8.74. The van der Waals surface area contributed by atoms with Gasteiger partial charge in [0.25, 0.3) is 0 Å².